The first-order valence-corrected chi connectivity index (χ1v) is 5.64. The smallest absolute Gasteiger partial charge is 0.264 e. The van der Waals surface area contributed by atoms with E-state index in [-0.39, 0.29) is 12.5 Å². The highest BCUT2D eigenvalue weighted by atomic mass is 79.9. The molecule has 15 heavy (non-hydrogen) atoms. The molecule has 3 nitrogen and oxygen atoms in total. The van der Waals surface area contributed by atoms with E-state index in [0.29, 0.717) is 0 Å². The van der Waals surface area contributed by atoms with Gasteiger partial charge in [-0.1, -0.05) is 22.9 Å². The predicted octanol–water partition coefficient (Wildman–Crippen LogP) is 2.37. The number of amides is 1. The van der Waals surface area contributed by atoms with Crippen LogP contribution in [0.1, 0.15) is 12.5 Å². The van der Waals surface area contributed by atoms with Crippen molar-refractivity contribution in [2.75, 3.05) is 18.6 Å². The minimum Gasteiger partial charge on any atom is -0.481 e. The van der Waals surface area contributed by atoms with Gasteiger partial charge in [0.2, 0.25) is 0 Å². The zero-order chi connectivity index (χ0) is 11.0. The van der Waals surface area contributed by atoms with Crippen LogP contribution in [0.25, 0.3) is 0 Å². The second kappa shape index (κ2) is 3.85. The SMILES string of the molecule is CCc1cc(Br)cc2c1OCC(=O)N2C. The number of carbonyl (C=O) groups is 1. The van der Waals surface area contributed by atoms with Crippen molar-refractivity contribution in [3.05, 3.63) is 22.2 Å². The molecule has 2 rings (SSSR count). The number of likely N-dealkylation sites (N-methyl/N-ethyl adjacent to an activating group) is 1. The summed E-state index contributed by atoms with van der Waals surface area (Å²) in [5.41, 5.74) is 1.97. The molecule has 0 radical (unpaired) electrons. The maximum atomic E-state index is 11.5. The molecule has 1 heterocycles. The van der Waals surface area contributed by atoms with Gasteiger partial charge in [-0.2, -0.15) is 0 Å². The van der Waals surface area contributed by atoms with Gasteiger partial charge in [0.15, 0.2) is 6.61 Å². The van der Waals surface area contributed by atoms with Crippen LogP contribution in [0.2, 0.25) is 0 Å². The molecule has 1 aromatic rings. The van der Waals surface area contributed by atoms with Crippen LogP contribution in [0.15, 0.2) is 16.6 Å². The number of aryl methyl sites for hydroxylation is 1. The molecule has 0 aliphatic carbocycles. The fraction of sp³-hybridized carbons (Fsp3) is 0.364. The Hall–Kier alpha value is -1.03. The predicted molar refractivity (Wildman–Crippen MR) is 62.4 cm³/mol. The quantitative estimate of drug-likeness (QED) is 0.784. The van der Waals surface area contributed by atoms with Crippen LogP contribution in [0.5, 0.6) is 5.75 Å². The van der Waals surface area contributed by atoms with E-state index in [4.69, 9.17) is 4.74 Å². The molecule has 0 saturated heterocycles. The largest absolute Gasteiger partial charge is 0.481 e. The molecule has 80 valence electrons. The van der Waals surface area contributed by atoms with Crippen molar-refractivity contribution >= 4 is 27.5 Å². The molecule has 4 heteroatoms. The van der Waals surface area contributed by atoms with Crippen LogP contribution in [0, 0.1) is 0 Å². The van der Waals surface area contributed by atoms with Gasteiger partial charge in [-0.25, -0.2) is 0 Å². The van der Waals surface area contributed by atoms with Gasteiger partial charge in [0.25, 0.3) is 5.91 Å². The summed E-state index contributed by atoms with van der Waals surface area (Å²) in [5, 5.41) is 0. The second-order valence-corrected chi connectivity index (χ2v) is 4.42. The van der Waals surface area contributed by atoms with Crippen LogP contribution in [0.3, 0.4) is 0 Å². The number of halogens is 1. The number of carbonyl (C=O) groups excluding carboxylic acids is 1. The molecule has 0 atom stereocenters. The van der Waals surface area contributed by atoms with Crippen LogP contribution in [-0.2, 0) is 11.2 Å². The Morgan fingerprint density at radius 2 is 2.27 bits per heavy atom. The van der Waals surface area contributed by atoms with E-state index in [1.54, 1.807) is 11.9 Å². The van der Waals surface area contributed by atoms with Gasteiger partial charge in [0.1, 0.15) is 5.75 Å². The maximum absolute atomic E-state index is 11.5. The lowest BCUT2D eigenvalue weighted by atomic mass is 10.1. The summed E-state index contributed by atoms with van der Waals surface area (Å²) in [7, 11) is 1.77. The van der Waals surface area contributed by atoms with E-state index in [9.17, 15) is 4.79 Å². The second-order valence-electron chi connectivity index (χ2n) is 3.51. The standard InChI is InChI=1S/C11H12BrNO2/c1-3-7-4-8(12)5-9-11(7)15-6-10(14)13(9)2/h4-5H,3,6H2,1-2H3. The first kappa shape index (κ1) is 10.5. The molecule has 1 aliphatic rings. The van der Waals surface area contributed by atoms with E-state index < -0.39 is 0 Å². The zero-order valence-corrected chi connectivity index (χ0v) is 10.3. The molecule has 1 aliphatic heterocycles. The molecule has 0 aromatic heterocycles. The van der Waals surface area contributed by atoms with Gasteiger partial charge in [0, 0.05) is 11.5 Å². The molecule has 0 spiro atoms. The number of nitrogens with zero attached hydrogens (tertiary/aromatic N) is 1. The molecular weight excluding hydrogens is 258 g/mol. The van der Waals surface area contributed by atoms with E-state index in [1.807, 2.05) is 12.1 Å². The third kappa shape index (κ3) is 1.74. The van der Waals surface area contributed by atoms with Crippen molar-refractivity contribution in [1.82, 2.24) is 0 Å². The van der Waals surface area contributed by atoms with Crippen molar-refractivity contribution in [2.45, 2.75) is 13.3 Å². The average Bonchev–Trinajstić information content (AvgIpc) is 2.23. The number of fused-ring (bicyclic) bond motifs is 1. The first-order valence-electron chi connectivity index (χ1n) is 4.85. The van der Waals surface area contributed by atoms with E-state index in [2.05, 4.69) is 22.9 Å². The summed E-state index contributed by atoms with van der Waals surface area (Å²) in [5.74, 6) is 0.824. The lowest BCUT2D eigenvalue weighted by Crippen LogP contribution is -2.35. The molecule has 0 fully saturated rings. The molecule has 1 amide bonds. The van der Waals surface area contributed by atoms with E-state index in [1.165, 1.54) is 0 Å². The summed E-state index contributed by atoms with van der Waals surface area (Å²) < 4.78 is 6.45. The number of anilines is 1. The monoisotopic (exact) mass is 269 g/mol. The van der Waals surface area contributed by atoms with Crippen LogP contribution in [-0.4, -0.2) is 19.6 Å². The lowest BCUT2D eigenvalue weighted by molar-refractivity contribution is -0.121. The number of rotatable bonds is 1. The van der Waals surface area contributed by atoms with Gasteiger partial charge in [-0.3, -0.25) is 4.79 Å². The zero-order valence-electron chi connectivity index (χ0n) is 8.71. The van der Waals surface area contributed by atoms with Gasteiger partial charge in [0.05, 0.1) is 5.69 Å². The number of hydrogen-bond acceptors (Lipinski definition) is 2. The van der Waals surface area contributed by atoms with Crippen LogP contribution in [0.4, 0.5) is 5.69 Å². The highest BCUT2D eigenvalue weighted by molar-refractivity contribution is 9.10. The Balaban J connectivity index is 2.58. The maximum Gasteiger partial charge on any atom is 0.264 e. The minimum atomic E-state index is -0.0114. The number of ether oxygens (including phenoxy) is 1. The number of benzene rings is 1. The average molecular weight is 270 g/mol. The summed E-state index contributed by atoms with van der Waals surface area (Å²) in [6, 6.07) is 3.94. The van der Waals surface area contributed by atoms with Crippen LogP contribution < -0.4 is 9.64 Å². The Morgan fingerprint density at radius 3 is 2.93 bits per heavy atom. The van der Waals surface area contributed by atoms with Crippen molar-refractivity contribution < 1.29 is 9.53 Å². The Bertz CT molecular complexity index is 417. The van der Waals surface area contributed by atoms with E-state index >= 15 is 0 Å². The normalized spacial score (nSPS) is 14.9. The summed E-state index contributed by atoms with van der Waals surface area (Å²) in [6.45, 7) is 2.21. The Morgan fingerprint density at radius 1 is 1.53 bits per heavy atom. The van der Waals surface area contributed by atoms with E-state index in [0.717, 1.165) is 27.9 Å². The first-order chi connectivity index (χ1) is 7.13. The van der Waals surface area contributed by atoms with Crippen molar-refractivity contribution in [1.29, 1.82) is 0 Å². The van der Waals surface area contributed by atoms with Crippen molar-refractivity contribution in [3.63, 3.8) is 0 Å². The molecule has 0 N–H and O–H groups in total. The van der Waals surface area contributed by atoms with Crippen molar-refractivity contribution in [2.24, 2.45) is 0 Å². The fourth-order valence-corrected chi connectivity index (χ4v) is 2.17. The molecule has 0 bridgehead atoms. The van der Waals surface area contributed by atoms with Crippen molar-refractivity contribution in [3.8, 4) is 5.75 Å². The van der Waals surface area contributed by atoms with Crippen LogP contribution >= 0.6 is 15.9 Å². The van der Waals surface area contributed by atoms with Gasteiger partial charge in [-0.15, -0.1) is 0 Å². The molecular formula is C11H12BrNO2. The summed E-state index contributed by atoms with van der Waals surface area (Å²) in [4.78, 5) is 13.1. The topological polar surface area (TPSA) is 29.5 Å². The fourth-order valence-electron chi connectivity index (χ4n) is 1.68. The Kier molecular flexibility index (Phi) is 2.69. The molecule has 0 unspecified atom stereocenters. The molecule has 1 aromatic carbocycles. The minimum absolute atomic E-state index is 0.0114. The Labute approximate surface area is 97.2 Å². The molecule has 0 saturated carbocycles. The highest BCUT2D eigenvalue weighted by Gasteiger charge is 2.24. The summed E-state index contributed by atoms with van der Waals surface area (Å²) in [6.07, 6.45) is 0.893. The van der Waals surface area contributed by atoms with Gasteiger partial charge < -0.3 is 9.64 Å². The summed E-state index contributed by atoms with van der Waals surface area (Å²) >= 11 is 3.44. The van der Waals surface area contributed by atoms with Gasteiger partial charge in [-0.05, 0) is 24.1 Å². The lowest BCUT2D eigenvalue weighted by Gasteiger charge is -2.27. The third-order valence-corrected chi connectivity index (χ3v) is 3.03. The highest BCUT2D eigenvalue weighted by Crippen LogP contribution is 2.37. The van der Waals surface area contributed by atoms with Gasteiger partial charge >= 0.3 is 0 Å². The third-order valence-electron chi connectivity index (χ3n) is 2.57. The number of hydrogen-bond donors (Lipinski definition) is 0.